The number of fused-ring (bicyclic) bond motifs is 4. The number of amides is 2. The first-order chi connectivity index (χ1) is 17.6. The summed E-state index contributed by atoms with van der Waals surface area (Å²) >= 11 is 0. The first-order valence-electron chi connectivity index (χ1n) is 12.6. The summed E-state index contributed by atoms with van der Waals surface area (Å²) in [7, 11) is 0. The van der Waals surface area contributed by atoms with Crippen LogP contribution in [0.4, 0.5) is 5.69 Å². The molecule has 4 aliphatic rings. The fourth-order valence-corrected chi connectivity index (χ4v) is 5.41. The molecule has 2 aromatic carbocycles. The molecule has 3 heterocycles. The van der Waals surface area contributed by atoms with Gasteiger partial charge in [-0.15, -0.1) is 0 Å². The van der Waals surface area contributed by atoms with Gasteiger partial charge in [0.25, 0.3) is 0 Å². The van der Waals surface area contributed by atoms with E-state index < -0.39 is 6.10 Å². The Labute approximate surface area is 209 Å². The minimum Gasteiger partial charge on any atom is -0.487 e. The molecule has 9 heteroatoms. The number of aliphatic hydroxyl groups is 1. The molecule has 0 radical (unpaired) electrons. The Hall–Kier alpha value is -3.30. The summed E-state index contributed by atoms with van der Waals surface area (Å²) in [5, 5.41) is 16.0. The molecule has 1 aliphatic carbocycles. The van der Waals surface area contributed by atoms with Crippen molar-refractivity contribution in [3.63, 3.8) is 0 Å². The zero-order valence-corrected chi connectivity index (χ0v) is 19.9. The number of hydrogen-bond donors (Lipinski definition) is 3. The number of carbonyl (C=O) groups excluding carboxylic acids is 2. The van der Waals surface area contributed by atoms with Crippen LogP contribution in [-0.2, 0) is 20.9 Å². The van der Waals surface area contributed by atoms with Gasteiger partial charge in [-0.25, -0.2) is 0 Å². The minimum absolute atomic E-state index is 0.0295. The second kappa shape index (κ2) is 9.63. The lowest BCUT2D eigenvalue weighted by Crippen LogP contribution is -2.47. The van der Waals surface area contributed by atoms with Gasteiger partial charge in [0.2, 0.25) is 18.6 Å². The summed E-state index contributed by atoms with van der Waals surface area (Å²) in [5.41, 5.74) is 2.65. The monoisotopic (exact) mass is 494 g/mol. The largest absolute Gasteiger partial charge is 0.487 e. The maximum Gasteiger partial charge on any atom is 0.231 e. The van der Waals surface area contributed by atoms with Crippen molar-refractivity contribution in [3.05, 3.63) is 47.5 Å². The molecule has 3 N–H and O–H groups in total. The van der Waals surface area contributed by atoms with Gasteiger partial charge in [-0.05, 0) is 55.2 Å². The van der Waals surface area contributed by atoms with Crippen molar-refractivity contribution in [3.8, 4) is 17.2 Å². The maximum absolute atomic E-state index is 12.7. The molecule has 0 bridgehead atoms. The number of anilines is 1. The van der Waals surface area contributed by atoms with Gasteiger partial charge in [-0.2, -0.15) is 0 Å². The van der Waals surface area contributed by atoms with Crippen molar-refractivity contribution < 1.29 is 33.6 Å². The van der Waals surface area contributed by atoms with Crippen LogP contribution in [0.5, 0.6) is 17.2 Å². The van der Waals surface area contributed by atoms with E-state index in [1.54, 1.807) is 0 Å². The van der Waals surface area contributed by atoms with Crippen LogP contribution in [0, 0.1) is 5.92 Å². The van der Waals surface area contributed by atoms with Crippen LogP contribution in [0.1, 0.15) is 49.1 Å². The molecule has 0 aromatic heterocycles. The van der Waals surface area contributed by atoms with Gasteiger partial charge in [-0.1, -0.05) is 12.5 Å². The molecule has 9 nitrogen and oxygen atoms in total. The second-order valence-corrected chi connectivity index (χ2v) is 9.94. The Bertz CT molecular complexity index is 1160. The van der Waals surface area contributed by atoms with Gasteiger partial charge in [-0.3, -0.25) is 9.59 Å². The first kappa shape index (κ1) is 23.1. The predicted octanol–water partition coefficient (Wildman–Crippen LogP) is 2.85. The Kier molecular flexibility index (Phi) is 6.18. The van der Waals surface area contributed by atoms with Crippen LogP contribution in [0.25, 0.3) is 0 Å². The SMILES string of the molecule is O=C(C[C@H]1C[C@H]2c3cc(NC(=O)C4CCC4)ccc3O[C@H]2[C@@H](CO)O1)NCc1ccc2c(c1)OCO2. The fourth-order valence-electron chi connectivity index (χ4n) is 5.41. The summed E-state index contributed by atoms with van der Waals surface area (Å²) in [5.74, 6) is 2.12. The lowest BCUT2D eigenvalue weighted by molar-refractivity contribution is -0.142. The first-order valence-corrected chi connectivity index (χ1v) is 12.6. The standard InChI is InChI=1S/C27H30N2O7/c30-13-24-26-20(19-9-17(5-7-21(19)36-26)29-27(32)16-2-1-3-16)10-18(35-24)11-25(31)28-12-15-4-6-22-23(8-15)34-14-33-22/h4-9,16,18,20,24,26,30H,1-3,10-14H2,(H,28,31)(H,29,32)/t18-,20+,24-,26-/m1/s1. The molecule has 0 unspecified atom stereocenters. The highest BCUT2D eigenvalue weighted by molar-refractivity contribution is 5.93. The molecular formula is C27H30N2O7. The van der Waals surface area contributed by atoms with Crippen LogP contribution in [0.3, 0.4) is 0 Å². The molecule has 2 fully saturated rings. The zero-order valence-electron chi connectivity index (χ0n) is 19.9. The van der Waals surface area contributed by atoms with E-state index in [0.29, 0.717) is 24.5 Å². The van der Waals surface area contributed by atoms with Crippen molar-refractivity contribution in [1.29, 1.82) is 0 Å². The molecular weight excluding hydrogens is 464 g/mol. The third kappa shape index (κ3) is 4.49. The van der Waals surface area contributed by atoms with Crippen molar-refractivity contribution in [1.82, 2.24) is 5.32 Å². The van der Waals surface area contributed by atoms with E-state index in [2.05, 4.69) is 10.6 Å². The van der Waals surface area contributed by atoms with Gasteiger partial charge in [0, 0.05) is 29.6 Å². The molecule has 190 valence electrons. The van der Waals surface area contributed by atoms with E-state index >= 15 is 0 Å². The van der Waals surface area contributed by atoms with Crippen molar-refractivity contribution >= 4 is 17.5 Å². The van der Waals surface area contributed by atoms with Crippen LogP contribution < -0.4 is 24.8 Å². The second-order valence-electron chi connectivity index (χ2n) is 9.94. The van der Waals surface area contributed by atoms with Gasteiger partial charge >= 0.3 is 0 Å². The van der Waals surface area contributed by atoms with Crippen molar-refractivity contribution in [2.75, 3.05) is 18.7 Å². The molecule has 2 amide bonds. The molecule has 1 saturated carbocycles. The minimum atomic E-state index is -0.532. The number of ether oxygens (including phenoxy) is 4. The summed E-state index contributed by atoms with van der Waals surface area (Å²) in [6.45, 7) is 0.378. The molecule has 1 saturated heterocycles. The van der Waals surface area contributed by atoms with E-state index in [1.165, 1.54) is 0 Å². The Morgan fingerprint density at radius 1 is 1.03 bits per heavy atom. The Morgan fingerprint density at radius 2 is 1.86 bits per heavy atom. The third-order valence-electron chi connectivity index (χ3n) is 7.58. The summed E-state index contributed by atoms with van der Waals surface area (Å²) in [6, 6.07) is 11.3. The number of carbonyl (C=O) groups is 2. The van der Waals surface area contributed by atoms with E-state index in [0.717, 1.165) is 41.8 Å². The van der Waals surface area contributed by atoms with Crippen molar-refractivity contribution in [2.24, 2.45) is 5.92 Å². The number of hydrogen-bond acceptors (Lipinski definition) is 7. The van der Waals surface area contributed by atoms with E-state index in [4.69, 9.17) is 18.9 Å². The van der Waals surface area contributed by atoms with E-state index in [1.807, 2.05) is 36.4 Å². The van der Waals surface area contributed by atoms with Crippen molar-refractivity contribution in [2.45, 2.75) is 62.9 Å². The number of nitrogens with one attached hydrogen (secondary N) is 2. The topological polar surface area (TPSA) is 115 Å². The van der Waals surface area contributed by atoms with Gasteiger partial charge < -0.3 is 34.7 Å². The quantitative estimate of drug-likeness (QED) is 0.542. The highest BCUT2D eigenvalue weighted by Crippen LogP contribution is 2.47. The number of benzene rings is 2. The predicted molar refractivity (Wildman–Crippen MR) is 129 cm³/mol. The lowest BCUT2D eigenvalue weighted by atomic mass is 9.83. The van der Waals surface area contributed by atoms with Gasteiger partial charge in [0.15, 0.2) is 11.5 Å². The zero-order chi connectivity index (χ0) is 24.6. The van der Waals surface area contributed by atoms with Crippen LogP contribution >= 0.6 is 0 Å². The molecule has 0 spiro atoms. The molecule has 3 aliphatic heterocycles. The van der Waals surface area contributed by atoms with Crippen LogP contribution in [0.2, 0.25) is 0 Å². The molecule has 6 rings (SSSR count). The smallest absolute Gasteiger partial charge is 0.231 e. The summed E-state index contributed by atoms with van der Waals surface area (Å²) in [6.07, 6.45) is 2.54. The third-order valence-corrected chi connectivity index (χ3v) is 7.58. The maximum atomic E-state index is 12.7. The average Bonchev–Trinajstić information content (AvgIpc) is 3.45. The number of aliphatic hydroxyl groups excluding tert-OH is 1. The Morgan fingerprint density at radius 3 is 2.67 bits per heavy atom. The average molecular weight is 495 g/mol. The molecule has 36 heavy (non-hydrogen) atoms. The Balaban J connectivity index is 1.10. The fraction of sp³-hybridized carbons (Fsp3) is 0.481. The highest BCUT2D eigenvalue weighted by Gasteiger charge is 2.46. The van der Waals surface area contributed by atoms with Gasteiger partial charge in [0.05, 0.1) is 19.1 Å². The lowest BCUT2D eigenvalue weighted by Gasteiger charge is -2.37. The normalized spacial score (nSPS) is 25.8. The highest BCUT2D eigenvalue weighted by atomic mass is 16.7. The van der Waals surface area contributed by atoms with E-state index in [-0.39, 0.29) is 55.7 Å². The summed E-state index contributed by atoms with van der Waals surface area (Å²) in [4.78, 5) is 25.2. The number of rotatable bonds is 7. The molecule has 4 atom stereocenters. The molecule has 2 aromatic rings. The van der Waals surface area contributed by atoms with E-state index in [9.17, 15) is 14.7 Å². The van der Waals surface area contributed by atoms with Crippen LogP contribution in [0.15, 0.2) is 36.4 Å². The summed E-state index contributed by atoms with van der Waals surface area (Å²) < 4.78 is 22.9. The van der Waals surface area contributed by atoms with Gasteiger partial charge in [0.1, 0.15) is 18.0 Å². The van der Waals surface area contributed by atoms with Crippen LogP contribution in [-0.4, -0.2) is 48.6 Å².